The number of rotatable bonds is 4. The van der Waals surface area contributed by atoms with Crippen LogP contribution in [0, 0.1) is 11.3 Å². The lowest BCUT2D eigenvalue weighted by Gasteiger charge is -2.36. The second-order valence-corrected chi connectivity index (χ2v) is 9.43. The summed E-state index contributed by atoms with van der Waals surface area (Å²) in [4.78, 5) is 31.4. The number of benzene rings is 1. The lowest BCUT2D eigenvalue weighted by molar-refractivity contribution is -0.138. The van der Waals surface area contributed by atoms with Gasteiger partial charge in [0.25, 0.3) is 0 Å². The molecule has 1 aromatic rings. The average molecular weight is 386 g/mol. The highest BCUT2D eigenvalue weighted by Gasteiger charge is 2.29. The Balaban J connectivity index is 1.49. The van der Waals surface area contributed by atoms with Crippen molar-refractivity contribution in [3.05, 3.63) is 29.8 Å². The van der Waals surface area contributed by atoms with Crippen molar-refractivity contribution in [2.24, 2.45) is 11.3 Å². The Bertz CT molecular complexity index is 702. The van der Waals surface area contributed by atoms with E-state index < -0.39 is 0 Å². The number of anilines is 1. The molecule has 1 aromatic carbocycles. The van der Waals surface area contributed by atoms with Gasteiger partial charge in [-0.25, -0.2) is 0 Å². The number of hydrogen-bond acceptors (Lipinski definition) is 3. The predicted octanol–water partition coefficient (Wildman–Crippen LogP) is 3.18. The van der Waals surface area contributed by atoms with Crippen molar-refractivity contribution in [2.75, 3.05) is 44.7 Å². The lowest BCUT2D eigenvalue weighted by Crippen LogP contribution is -2.46. The second-order valence-electron chi connectivity index (χ2n) is 9.43. The minimum absolute atomic E-state index is 0.203. The Kier molecular flexibility index (Phi) is 6.43. The van der Waals surface area contributed by atoms with E-state index in [0.29, 0.717) is 12.5 Å². The van der Waals surface area contributed by atoms with Crippen LogP contribution in [0.25, 0.3) is 0 Å². The second kappa shape index (κ2) is 8.64. The van der Waals surface area contributed by atoms with E-state index >= 15 is 0 Å². The number of hydrogen-bond donors (Lipinski definition) is 0. The molecule has 2 aliphatic rings. The highest BCUT2D eigenvalue weighted by molar-refractivity contribution is 5.96. The van der Waals surface area contributed by atoms with Crippen LogP contribution in [0.5, 0.6) is 0 Å². The molecule has 0 aromatic heterocycles. The maximum Gasteiger partial charge on any atom is 0.241 e. The van der Waals surface area contributed by atoms with Crippen LogP contribution in [0.15, 0.2) is 24.3 Å². The van der Waals surface area contributed by atoms with Crippen LogP contribution in [0.1, 0.15) is 45.6 Å². The molecule has 1 fully saturated rings. The summed E-state index contributed by atoms with van der Waals surface area (Å²) in [6.07, 6.45) is 4.20. The van der Waals surface area contributed by atoms with Crippen LogP contribution in [0.3, 0.4) is 0 Å². The summed E-state index contributed by atoms with van der Waals surface area (Å²) in [6, 6.07) is 8.28. The molecule has 5 heteroatoms. The van der Waals surface area contributed by atoms with E-state index in [1.807, 2.05) is 43.7 Å². The van der Waals surface area contributed by atoms with Gasteiger partial charge < -0.3 is 9.80 Å². The zero-order valence-corrected chi connectivity index (χ0v) is 17.9. The Morgan fingerprint density at radius 3 is 2.46 bits per heavy atom. The normalized spacial score (nSPS) is 18.6. The molecular weight excluding hydrogens is 350 g/mol. The van der Waals surface area contributed by atoms with Crippen LogP contribution < -0.4 is 4.90 Å². The quantitative estimate of drug-likeness (QED) is 0.800. The van der Waals surface area contributed by atoms with Crippen LogP contribution in [0.2, 0.25) is 0 Å². The zero-order valence-electron chi connectivity index (χ0n) is 17.9. The topological polar surface area (TPSA) is 43.9 Å². The van der Waals surface area contributed by atoms with Gasteiger partial charge in [0, 0.05) is 31.2 Å². The number of likely N-dealkylation sites (tertiary alicyclic amines) is 1. The third kappa shape index (κ3) is 4.93. The Morgan fingerprint density at radius 2 is 1.79 bits per heavy atom. The fourth-order valence-corrected chi connectivity index (χ4v) is 4.44. The standard InChI is InChI=1S/C23H35N3O2/c1-23(2,3)22(28)24(4)16-18-11-14-25(15-12-18)17-21(27)26-13-7-9-19-8-5-6-10-20(19)26/h5-6,8,10,18H,7,9,11-17H2,1-4H3. The lowest BCUT2D eigenvalue weighted by atomic mass is 9.92. The van der Waals surface area contributed by atoms with E-state index in [4.69, 9.17) is 0 Å². The van der Waals surface area contributed by atoms with Crippen molar-refractivity contribution in [1.82, 2.24) is 9.80 Å². The SMILES string of the molecule is CN(CC1CCN(CC(=O)N2CCCc3ccccc32)CC1)C(=O)C(C)(C)C. The summed E-state index contributed by atoms with van der Waals surface area (Å²) in [5, 5.41) is 0. The summed E-state index contributed by atoms with van der Waals surface area (Å²) in [7, 11) is 1.91. The van der Waals surface area contributed by atoms with Gasteiger partial charge in [-0.3, -0.25) is 14.5 Å². The summed E-state index contributed by atoms with van der Waals surface area (Å²) >= 11 is 0. The highest BCUT2D eigenvalue weighted by Crippen LogP contribution is 2.27. The van der Waals surface area contributed by atoms with Gasteiger partial charge in [0.2, 0.25) is 11.8 Å². The third-order valence-electron chi connectivity index (χ3n) is 6.00. The van der Waals surface area contributed by atoms with Crippen molar-refractivity contribution in [3.8, 4) is 0 Å². The first-order valence-electron chi connectivity index (χ1n) is 10.6. The molecule has 5 nitrogen and oxygen atoms in total. The van der Waals surface area contributed by atoms with Gasteiger partial charge in [-0.1, -0.05) is 39.0 Å². The first-order chi connectivity index (χ1) is 13.3. The molecule has 0 unspecified atom stereocenters. The smallest absolute Gasteiger partial charge is 0.241 e. The van der Waals surface area contributed by atoms with Crippen molar-refractivity contribution in [1.29, 1.82) is 0 Å². The summed E-state index contributed by atoms with van der Waals surface area (Å²) in [5.74, 6) is 0.942. The number of para-hydroxylation sites is 1. The molecule has 0 aliphatic carbocycles. The Morgan fingerprint density at radius 1 is 1.11 bits per heavy atom. The van der Waals surface area contributed by atoms with Crippen molar-refractivity contribution in [2.45, 2.75) is 46.5 Å². The van der Waals surface area contributed by atoms with Crippen LogP contribution in [0.4, 0.5) is 5.69 Å². The zero-order chi connectivity index (χ0) is 20.3. The molecule has 2 heterocycles. The average Bonchev–Trinajstić information content (AvgIpc) is 2.67. The van der Waals surface area contributed by atoms with Crippen LogP contribution in [-0.4, -0.2) is 61.4 Å². The first kappa shape index (κ1) is 20.8. The summed E-state index contributed by atoms with van der Waals surface area (Å²) in [5.41, 5.74) is 2.05. The van der Waals surface area contributed by atoms with Gasteiger partial charge >= 0.3 is 0 Å². The van der Waals surface area contributed by atoms with E-state index in [1.54, 1.807) is 0 Å². The van der Waals surface area contributed by atoms with E-state index in [1.165, 1.54) is 5.56 Å². The number of fused-ring (bicyclic) bond motifs is 1. The molecule has 2 amide bonds. The number of nitrogens with zero attached hydrogens (tertiary/aromatic N) is 3. The van der Waals surface area contributed by atoms with Crippen molar-refractivity contribution >= 4 is 17.5 Å². The fraction of sp³-hybridized carbons (Fsp3) is 0.652. The van der Waals surface area contributed by atoms with Gasteiger partial charge in [0.15, 0.2) is 0 Å². The first-order valence-corrected chi connectivity index (χ1v) is 10.6. The summed E-state index contributed by atoms with van der Waals surface area (Å²) < 4.78 is 0. The molecule has 0 radical (unpaired) electrons. The molecule has 1 saturated heterocycles. The minimum Gasteiger partial charge on any atom is -0.345 e. The Hall–Kier alpha value is -1.88. The molecule has 0 bridgehead atoms. The number of carbonyl (C=O) groups excluding carboxylic acids is 2. The van der Waals surface area contributed by atoms with Crippen molar-refractivity contribution < 1.29 is 9.59 Å². The molecule has 2 aliphatic heterocycles. The molecular formula is C23H35N3O2. The van der Waals surface area contributed by atoms with Gasteiger partial charge in [0.1, 0.15) is 0 Å². The van der Waals surface area contributed by atoms with E-state index in [9.17, 15) is 9.59 Å². The molecule has 28 heavy (non-hydrogen) atoms. The van der Waals surface area contributed by atoms with Gasteiger partial charge in [-0.15, -0.1) is 0 Å². The molecule has 0 spiro atoms. The number of aryl methyl sites for hydroxylation is 1. The van der Waals surface area contributed by atoms with E-state index in [2.05, 4.69) is 23.1 Å². The largest absolute Gasteiger partial charge is 0.345 e. The molecule has 154 valence electrons. The minimum atomic E-state index is -0.327. The molecule has 0 atom stereocenters. The fourth-order valence-electron chi connectivity index (χ4n) is 4.44. The van der Waals surface area contributed by atoms with Crippen molar-refractivity contribution in [3.63, 3.8) is 0 Å². The van der Waals surface area contributed by atoms with E-state index in [0.717, 1.165) is 57.5 Å². The Labute approximate surface area is 169 Å². The number of piperidine rings is 1. The van der Waals surface area contributed by atoms with Gasteiger partial charge in [-0.05, 0) is 56.3 Å². The molecule has 3 rings (SSSR count). The van der Waals surface area contributed by atoms with Crippen LogP contribution in [-0.2, 0) is 16.0 Å². The molecule has 0 saturated carbocycles. The van der Waals surface area contributed by atoms with Crippen LogP contribution >= 0.6 is 0 Å². The molecule has 0 N–H and O–H groups in total. The monoisotopic (exact) mass is 385 g/mol. The van der Waals surface area contributed by atoms with E-state index in [-0.39, 0.29) is 17.2 Å². The summed E-state index contributed by atoms with van der Waals surface area (Å²) in [6.45, 7) is 9.92. The number of carbonyl (C=O) groups is 2. The number of amides is 2. The van der Waals surface area contributed by atoms with Gasteiger partial charge in [0.05, 0.1) is 6.54 Å². The maximum absolute atomic E-state index is 12.9. The highest BCUT2D eigenvalue weighted by atomic mass is 16.2. The predicted molar refractivity (Wildman–Crippen MR) is 113 cm³/mol. The third-order valence-corrected chi connectivity index (χ3v) is 6.00. The maximum atomic E-state index is 12.9. The van der Waals surface area contributed by atoms with Gasteiger partial charge in [-0.2, -0.15) is 0 Å².